The van der Waals surface area contributed by atoms with Gasteiger partial charge in [-0.05, 0) is 49.9 Å². The summed E-state index contributed by atoms with van der Waals surface area (Å²) >= 11 is 5.70. The fraction of sp³-hybridized carbons (Fsp3) is 0.462. The van der Waals surface area contributed by atoms with E-state index in [1.165, 1.54) is 4.90 Å². The van der Waals surface area contributed by atoms with Crippen molar-refractivity contribution in [1.29, 1.82) is 0 Å². The molecule has 0 heterocycles. The highest BCUT2D eigenvalue weighted by Gasteiger charge is 2.36. The molecule has 0 saturated heterocycles. The number of nitrogens with one attached hydrogen (secondary N) is 1. The number of nitrogens with zero attached hydrogens (tertiary/aromatic N) is 2. The molecule has 12 heteroatoms. The van der Waals surface area contributed by atoms with Gasteiger partial charge in [0.25, 0.3) is 0 Å². The van der Waals surface area contributed by atoms with E-state index in [1.54, 1.807) is 6.92 Å². The first-order valence-electron chi connectivity index (χ1n) is 12.2. The van der Waals surface area contributed by atoms with E-state index in [4.69, 9.17) is 11.6 Å². The first-order chi connectivity index (χ1) is 17.7. The zero-order valence-corrected chi connectivity index (χ0v) is 23.3. The molecule has 2 amide bonds. The van der Waals surface area contributed by atoms with Gasteiger partial charge in [0.2, 0.25) is 21.8 Å². The molecule has 0 bridgehead atoms. The molecule has 2 aromatic rings. The first-order valence-corrected chi connectivity index (χ1v) is 14.4. The topological polar surface area (TPSA) is 86.8 Å². The van der Waals surface area contributed by atoms with E-state index in [0.29, 0.717) is 23.2 Å². The molecule has 0 aliphatic heterocycles. The maximum absolute atomic E-state index is 13.6. The number of alkyl halides is 3. The van der Waals surface area contributed by atoms with Crippen LogP contribution in [-0.4, -0.2) is 56.6 Å². The summed E-state index contributed by atoms with van der Waals surface area (Å²) in [6.45, 7) is 4.76. The molecule has 0 spiro atoms. The van der Waals surface area contributed by atoms with Gasteiger partial charge in [0.05, 0.1) is 22.5 Å². The second-order valence-electron chi connectivity index (χ2n) is 9.00. The lowest BCUT2D eigenvalue weighted by Crippen LogP contribution is -2.54. The number of halogens is 4. The second-order valence-corrected chi connectivity index (χ2v) is 11.3. The van der Waals surface area contributed by atoms with Crippen LogP contribution in [0.4, 0.5) is 18.9 Å². The van der Waals surface area contributed by atoms with Crippen LogP contribution in [0.25, 0.3) is 0 Å². The van der Waals surface area contributed by atoms with Gasteiger partial charge in [-0.15, -0.1) is 0 Å². The Bertz CT molecular complexity index is 1210. The number of carbonyl (C=O) groups is 2. The molecular weight excluding hydrogens is 543 g/mol. The highest BCUT2D eigenvalue weighted by molar-refractivity contribution is 7.92. The summed E-state index contributed by atoms with van der Waals surface area (Å²) in [5, 5.41) is 2.26. The predicted octanol–water partition coefficient (Wildman–Crippen LogP) is 4.89. The van der Waals surface area contributed by atoms with Gasteiger partial charge in [0, 0.05) is 12.6 Å². The summed E-state index contributed by atoms with van der Waals surface area (Å²) in [5.74, 6) is -1.11. The zero-order valence-electron chi connectivity index (χ0n) is 21.8. The number of benzene rings is 2. The number of hydrogen-bond acceptors (Lipinski definition) is 4. The average Bonchev–Trinajstić information content (AvgIpc) is 2.84. The van der Waals surface area contributed by atoms with Crippen LogP contribution in [0.3, 0.4) is 0 Å². The number of sulfonamides is 1. The molecule has 7 nitrogen and oxygen atoms in total. The molecule has 210 valence electrons. The van der Waals surface area contributed by atoms with Gasteiger partial charge in [0.15, 0.2) is 0 Å². The molecule has 0 radical (unpaired) electrons. The Labute approximate surface area is 227 Å². The number of amides is 2. The third-order valence-electron chi connectivity index (χ3n) is 6.09. The minimum Gasteiger partial charge on any atom is -0.352 e. The molecular formula is C26H33ClF3N3O4S. The summed E-state index contributed by atoms with van der Waals surface area (Å²) in [4.78, 5) is 28.0. The Kier molecular flexibility index (Phi) is 11.0. The summed E-state index contributed by atoms with van der Waals surface area (Å²) in [7, 11) is -4.19. The molecule has 0 aromatic heterocycles. The Balaban J connectivity index is 2.45. The highest BCUT2D eigenvalue weighted by Crippen LogP contribution is 2.37. The van der Waals surface area contributed by atoms with Gasteiger partial charge in [-0.3, -0.25) is 13.9 Å². The van der Waals surface area contributed by atoms with Crippen molar-refractivity contribution in [2.75, 3.05) is 23.7 Å². The molecule has 2 rings (SSSR count). The Morgan fingerprint density at radius 2 is 1.68 bits per heavy atom. The number of hydrogen-bond donors (Lipinski definition) is 1. The summed E-state index contributed by atoms with van der Waals surface area (Å²) in [5.41, 5.74) is -0.689. The predicted molar refractivity (Wildman–Crippen MR) is 142 cm³/mol. The summed E-state index contributed by atoms with van der Waals surface area (Å²) in [6.07, 6.45) is -2.73. The minimum atomic E-state index is -4.83. The van der Waals surface area contributed by atoms with Crippen LogP contribution in [0, 0.1) is 0 Å². The van der Waals surface area contributed by atoms with Crippen LogP contribution in [0.1, 0.15) is 44.7 Å². The standard InChI is InChI=1S/C26H33ClF3N3O4S/c1-5-18(3)31-25(35)23(6-2)32(15-14-19-10-8-7-9-11-19)24(34)17-33(38(4,36)37)20-12-13-22(27)21(16-20)26(28,29)30/h7-13,16,18,23H,5-6,14-15,17H2,1-4H3,(H,31,35)/t18-,23-/m1/s1. The first kappa shape index (κ1) is 31.4. The van der Waals surface area contributed by atoms with Gasteiger partial charge in [-0.1, -0.05) is 55.8 Å². The van der Waals surface area contributed by atoms with Gasteiger partial charge >= 0.3 is 6.18 Å². The van der Waals surface area contributed by atoms with Crippen molar-refractivity contribution in [3.05, 3.63) is 64.7 Å². The quantitative estimate of drug-likeness (QED) is 0.390. The van der Waals surface area contributed by atoms with Crippen LogP contribution in [0.5, 0.6) is 0 Å². The van der Waals surface area contributed by atoms with E-state index in [9.17, 15) is 31.2 Å². The highest BCUT2D eigenvalue weighted by atomic mass is 35.5. The van der Waals surface area contributed by atoms with Gasteiger partial charge in [-0.25, -0.2) is 8.42 Å². The van der Waals surface area contributed by atoms with Crippen LogP contribution in [0.2, 0.25) is 5.02 Å². The number of carbonyl (C=O) groups excluding carboxylic acids is 2. The normalized spacial score (nSPS) is 13.5. The SMILES string of the molecule is CC[C@@H](C)NC(=O)[C@@H](CC)N(CCc1ccccc1)C(=O)CN(c1ccc(Cl)c(C(F)(F)F)c1)S(C)(=O)=O. The van der Waals surface area contributed by atoms with Gasteiger partial charge in [0.1, 0.15) is 12.6 Å². The lowest BCUT2D eigenvalue weighted by atomic mass is 10.1. The maximum Gasteiger partial charge on any atom is 0.417 e. The van der Waals surface area contributed by atoms with Crippen molar-refractivity contribution < 1.29 is 31.2 Å². The van der Waals surface area contributed by atoms with Crippen molar-refractivity contribution in [2.45, 2.75) is 58.3 Å². The third kappa shape index (κ3) is 8.62. The molecule has 0 unspecified atom stereocenters. The van der Waals surface area contributed by atoms with E-state index in [2.05, 4.69) is 5.32 Å². The lowest BCUT2D eigenvalue weighted by molar-refractivity contribution is -0.139. The van der Waals surface area contributed by atoms with E-state index in [-0.39, 0.29) is 30.6 Å². The molecule has 0 aliphatic carbocycles. The largest absolute Gasteiger partial charge is 0.417 e. The van der Waals surface area contributed by atoms with Crippen molar-refractivity contribution in [3.8, 4) is 0 Å². The second kappa shape index (κ2) is 13.3. The fourth-order valence-corrected chi connectivity index (χ4v) is 4.90. The van der Waals surface area contributed by atoms with E-state index in [0.717, 1.165) is 24.0 Å². The molecule has 0 aliphatic rings. The fourth-order valence-electron chi connectivity index (χ4n) is 3.84. The van der Waals surface area contributed by atoms with E-state index in [1.807, 2.05) is 44.2 Å². The maximum atomic E-state index is 13.6. The van der Waals surface area contributed by atoms with Crippen LogP contribution in [-0.2, 0) is 32.2 Å². The Morgan fingerprint density at radius 3 is 2.21 bits per heavy atom. The minimum absolute atomic E-state index is 0.0985. The molecule has 0 fully saturated rings. The number of rotatable bonds is 12. The molecule has 0 saturated carbocycles. The smallest absolute Gasteiger partial charge is 0.352 e. The van der Waals surface area contributed by atoms with E-state index >= 15 is 0 Å². The van der Waals surface area contributed by atoms with Gasteiger partial charge in [-0.2, -0.15) is 13.2 Å². The van der Waals surface area contributed by atoms with E-state index < -0.39 is 45.3 Å². The molecule has 2 atom stereocenters. The average molecular weight is 576 g/mol. The molecule has 1 N–H and O–H groups in total. The summed E-state index contributed by atoms with van der Waals surface area (Å²) < 4.78 is 66.2. The monoisotopic (exact) mass is 575 g/mol. The van der Waals surface area contributed by atoms with Crippen LogP contribution < -0.4 is 9.62 Å². The zero-order chi connectivity index (χ0) is 28.7. The lowest BCUT2D eigenvalue weighted by Gasteiger charge is -2.33. The van der Waals surface area contributed by atoms with Crippen LogP contribution >= 0.6 is 11.6 Å². The molecule has 38 heavy (non-hydrogen) atoms. The number of anilines is 1. The van der Waals surface area contributed by atoms with Crippen LogP contribution in [0.15, 0.2) is 48.5 Å². The van der Waals surface area contributed by atoms with Gasteiger partial charge < -0.3 is 10.2 Å². The Hall–Kier alpha value is -2.79. The third-order valence-corrected chi connectivity index (χ3v) is 7.56. The Morgan fingerprint density at radius 1 is 1.05 bits per heavy atom. The summed E-state index contributed by atoms with van der Waals surface area (Å²) in [6, 6.07) is 10.8. The van der Waals surface area contributed by atoms with Crippen molar-refractivity contribution in [2.24, 2.45) is 0 Å². The van der Waals surface area contributed by atoms with Crippen molar-refractivity contribution in [3.63, 3.8) is 0 Å². The van der Waals surface area contributed by atoms with Crippen molar-refractivity contribution >= 4 is 39.1 Å². The van der Waals surface area contributed by atoms with Crippen molar-refractivity contribution in [1.82, 2.24) is 10.2 Å². The molecule has 2 aromatic carbocycles.